The summed E-state index contributed by atoms with van der Waals surface area (Å²) < 4.78 is 5.32. The Kier molecular flexibility index (Phi) is 4.38. The normalized spacial score (nSPS) is 12.6. The summed E-state index contributed by atoms with van der Waals surface area (Å²) in [5, 5.41) is 8.32. The molecule has 0 aliphatic rings. The molecule has 2 aromatic rings. The molecular formula is C13H17N3OS. The topological polar surface area (TPSA) is 64.9 Å². The lowest BCUT2D eigenvalue weighted by atomic mass is 10.1. The Bertz CT molecular complexity index is 495. The summed E-state index contributed by atoms with van der Waals surface area (Å²) >= 11 is 1.47. The van der Waals surface area contributed by atoms with Crippen LogP contribution in [0.2, 0.25) is 0 Å². The Balaban J connectivity index is 1.99. The van der Waals surface area contributed by atoms with E-state index in [1.807, 2.05) is 0 Å². The molecule has 0 bridgehead atoms. The number of hydrogen-bond donors (Lipinski definition) is 1. The first kappa shape index (κ1) is 13.1. The van der Waals surface area contributed by atoms with Crippen LogP contribution in [0.3, 0.4) is 0 Å². The van der Waals surface area contributed by atoms with Gasteiger partial charge in [-0.05, 0) is 42.3 Å². The van der Waals surface area contributed by atoms with Crippen LogP contribution in [0.25, 0.3) is 0 Å². The predicted molar refractivity (Wildman–Crippen MR) is 71.6 cm³/mol. The SMILES string of the molecule is CCC(N)Cc1ccc(Sc2nnc(C)o2)cc1. The first-order valence-electron chi connectivity index (χ1n) is 6.00. The van der Waals surface area contributed by atoms with E-state index >= 15 is 0 Å². The summed E-state index contributed by atoms with van der Waals surface area (Å²) in [4.78, 5) is 1.09. The summed E-state index contributed by atoms with van der Waals surface area (Å²) in [6.07, 6.45) is 1.92. The van der Waals surface area contributed by atoms with Gasteiger partial charge in [-0.15, -0.1) is 10.2 Å². The van der Waals surface area contributed by atoms with Gasteiger partial charge in [-0.3, -0.25) is 0 Å². The monoisotopic (exact) mass is 263 g/mol. The molecule has 0 saturated carbocycles. The lowest BCUT2D eigenvalue weighted by molar-refractivity contribution is 0.429. The molecule has 4 nitrogen and oxygen atoms in total. The van der Waals surface area contributed by atoms with E-state index in [1.54, 1.807) is 6.92 Å². The highest BCUT2D eigenvalue weighted by molar-refractivity contribution is 7.99. The number of benzene rings is 1. The molecule has 5 heteroatoms. The van der Waals surface area contributed by atoms with Crippen molar-refractivity contribution in [2.24, 2.45) is 5.73 Å². The second-order valence-electron chi connectivity index (χ2n) is 4.21. The average Bonchev–Trinajstić information content (AvgIpc) is 2.77. The van der Waals surface area contributed by atoms with Crippen LogP contribution in [0, 0.1) is 6.92 Å². The summed E-state index contributed by atoms with van der Waals surface area (Å²) in [7, 11) is 0. The van der Waals surface area contributed by atoms with E-state index in [1.165, 1.54) is 17.3 Å². The number of aromatic nitrogens is 2. The Morgan fingerprint density at radius 1 is 1.28 bits per heavy atom. The number of nitrogens with zero attached hydrogens (tertiary/aromatic N) is 2. The molecule has 0 amide bonds. The first-order valence-corrected chi connectivity index (χ1v) is 6.81. The Labute approximate surface area is 111 Å². The minimum atomic E-state index is 0.238. The van der Waals surface area contributed by atoms with E-state index in [2.05, 4.69) is 41.4 Å². The van der Waals surface area contributed by atoms with Crippen LogP contribution in [-0.4, -0.2) is 16.2 Å². The van der Waals surface area contributed by atoms with Gasteiger partial charge in [0.1, 0.15) is 0 Å². The molecule has 18 heavy (non-hydrogen) atoms. The van der Waals surface area contributed by atoms with Crippen LogP contribution < -0.4 is 5.73 Å². The maximum Gasteiger partial charge on any atom is 0.281 e. The van der Waals surface area contributed by atoms with Crippen molar-refractivity contribution in [2.45, 2.75) is 42.8 Å². The number of hydrogen-bond acceptors (Lipinski definition) is 5. The van der Waals surface area contributed by atoms with Crippen LogP contribution in [-0.2, 0) is 6.42 Å². The fraction of sp³-hybridized carbons (Fsp3) is 0.385. The van der Waals surface area contributed by atoms with E-state index in [-0.39, 0.29) is 6.04 Å². The van der Waals surface area contributed by atoms with Crippen LogP contribution >= 0.6 is 11.8 Å². The molecule has 2 rings (SSSR count). The predicted octanol–water partition coefficient (Wildman–Crippen LogP) is 2.81. The second kappa shape index (κ2) is 6.02. The fourth-order valence-electron chi connectivity index (χ4n) is 1.56. The lowest BCUT2D eigenvalue weighted by Crippen LogP contribution is -2.21. The second-order valence-corrected chi connectivity index (χ2v) is 5.23. The highest BCUT2D eigenvalue weighted by Gasteiger charge is 2.06. The van der Waals surface area contributed by atoms with Crippen LogP contribution in [0.4, 0.5) is 0 Å². The molecule has 1 unspecified atom stereocenters. The van der Waals surface area contributed by atoms with E-state index in [0.717, 1.165) is 17.7 Å². The molecule has 0 spiro atoms. The third kappa shape index (κ3) is 3.58. The van der Waals surface area contributed by atoms with Crippen molar-refractivity contribution in [1.82, 2.24) is 10.2 Å². The lowest BCUT2D eigenvalue weighted by Gasteiger charge is -2.08. The van der Waals surface area contributed by atoms with Crippen molar-refractivity contribution in [3.63, 3.8) is 0 Å². The zero-order valence-electron chi connectivity index (χ0n) is 10.6. The largest absolute Gasteiger partial charge is 0.416 e. The summed E-state index contributed by atoms with van der Waals surface area (Å²) in [6, 6.07) is 8.55. The maximum atomic E-state index is 5.93. The van der Waals surface area contributed by atoms with Gasteiger partial charge in [-0.1, -0.05) is 19.1 Å². The Morgan fingerprint density at radius 2 is 2.00 bits per heavy atom. The van der Waals surface area contributed by atoms with Gasteiger partial charge >= 0.3 is 0 Å². The van der Waals surface area contributed by atoms with Gasteiger partial charge in [0.15, 0.2) is 0 Å². The van der Waals surface area contributed by atoms with Crippen molar-refractivity contribution in [3.8, 4) is 0 Å². The van der Waals surface area contributed by atoms with Crippen LogP contribution in [0.5, 0.6) is 0 Å². The van der Waals surface area contributed by atoms with Gasteiger partial charge in [0.2, 0.25) is 5.89 Å². The fourth-order valence-corrected chi connectivity index (χ4v) is 2.28. The van der Waals surface area contributed by atoms with Crippen molar-refractivity contribution in [2.75, 3.05) is 0 Å². The van der Waals surface area contributed by atoms with Gasteiger partial charge in [-0.2, -0.15) is 0 Å². The van der Waals surface area contributed by atoms with Gasteiger partial charge in [0.25, 0.3) is 5.22 Å². The van der Waals surface area contributed by atoms with Crippen molar-refractivity contribution < 1.29 is 4.42 Å². The Morgan fingerprint density at radius 3 is 2.56 bits per heavy atom. The van der Waals surface area contributed by atoms with Crippen molar-refractivity contribution in [3.05, 3.63) is 35.7 Å². The smallest absolute Gasteiger partial charge is 0.281 e. The highest BCUT2D eigenvalue weighted by atomic mass is 32.2. The van der Waals surface area contributed by atoms with E-state index in [0.29, 0.717) is 11.1 Å². The molecule has 1 aromatic carbocycles. The molecule has 0 saturated heterocycles. The minimum Gasteiger partial charge on any atom is -0.416 e. The molecule has 2 N–H and O–H groups in total. The van der Waals surface area contributed by atoms with Gasteiger partial charge in [0.05, 0.1) is 0 Å². The third-order valence-electron chi connectivity index (χ3n) is 2.66. The summed E-state index contributed by atoms with van der Waals surface area (Å²) in [5.74, 6) is 0.586. The quantitative estimate of drug-likeness (QED) is 0.898. The van der Waals surface area contributed by atoms with Crippen molar-refractivity contribution in [1.29, 1.82) is 0 Å². The maximum absolute atomic E-state index is 5.93. The summed E-state index contributed by atoms with van der Waals surface area (Å²) in [6.45, 7) is 3.89. The van der Waals surface area contributed by atoms with Crippen LogP contribution in [0.15, 0.2) is 38.8 Å². The number of nitrogens with two attached hydrogens (primary N) is 1. The van der Waals surface area contributed by atoms with Gasteiger partial charge in [0, 0.05) is 17.9 Å². The Hall–Kier alpha value is -1.33. The van der Waals surface area contributed by atoms with E-state index < -0.39 is 0 Å². The molecule has 0 aliphatic carbocycles. The minimum absolute atomic E-state index is 0.238. The van der Waals surface area contributed by atoms with Gasteiger partial charge in [-0.25, -0.2) is 0 Å². The molecule has 96 valence electrons. The standard InChI is InChI=1S/C13H17N3OS/c1-3-11(14)8-10-4-6-12(7-5-10)18-13-16-15-9(2)17-13/h4-7,11H,3,8,14H2,1-2H3. The molecule has 1 atom stereocenters. The average molecular weight is 263 g/mol. The zero-order valence-corrected chi connectivity index (χ0v) is 11.4. The van der Waals surface area contributed by atoms with E-state index in [9.17, 15) is 0 Å². The first-order chi connectivity index (χ1) is 8.67. The summed E-state index contributed by atoms with van der Waals surface area (Å²) in [5.41, 5.74) is 7.19. The van der Waals surface area contributed by atoms with Gasteiger partial charge < -0.3 is 10.2 Å². The van der Waals surface area contributed by atoms with Crippen LogP contribution in [0.1, 0.15) is 24.8 Å². The molecule has 0 aliphatic heterocycles. The van der Waals surface area contributed by atoms with Crippen molar-refractivity contribution >= 4 is 11.8 Å². The third-order valence-corrected chi connectivity index (χ3v) is 3.51. The number of aryl methyl sites for hydroxylation is 1. The highest BCUT2D eigenvalue weighted by Crippen LogP contribution is 2.26. The zero-order chi connectivity index (χ0) is 13.0. The van der Waals surface area contributed by atoms with E-state index in [4.69, 9.17) is 10.2 Å². The number of rotatable bonds is 5. The molecule has 0 fully saturated rings. The molecular weight excluding hydrogens is 246 g/mol. The molecule has 1 heterocycles. The molecule has 0 radical (unpaired) electrons. The molecule has 1 aromatic heterocycles.